The molecular formula is C13H21N3OS. The van der Waals surface area contributed by atoms with Crippen molar-refractivity contribution in [2.24, 2.45) is 0 Å². The normalized spacial score (nSPS) is 23.2. The van der Waals surface area contributed by atoms with Crippen LogP contribution in [0.15, 0.2) is 17.5 Å². The molecule has 1 aromatic rings. The van der Waals surface area contributed by atoms with Gasteiger partial charge in [-0.1, -0.05) is 6.07 Å². The summed E-state index contributed by atoms with van der Waals surface area (Å²) in [6, 6.07) is 4.14. The molecule has 1 aliphatic heterocycles. The smallest absolute Gasteiger partial charge is 0.233 e. The zero-order chi connectivity index (χ0) is 12.8. The van der Waals surface area contributed by atoms with Crippen LogP contribution in [-0.2, 0) is 11.2 Å². The maximum absolute atomic E-state index is 11.7. The lowest BCUT2D eigenvalue weighted by atomic mass is 10.0. The van der Waals surface area contributed by atoms with Crippen LogP contribution in [-0.4, -0.2) is 37.6 Å². The molecule has 1 unspecified atom stereocenters. The molecule has 1 fully saturated rings. The lowest BCUT2D eigenvalue weighted by Crippen LogP contribution is -2.48. The largest absolute Gasteiger partial charge is 0.355 e. The van der Waals surface area contributed by atoms with Gasteiger partial charge in [-0.2, -0.15) is 0 Å². The molecule has 5 heteroatoms. The lowest BCUT2D eigenvalue weighted by Gasteiger charge is -2.24. The van der Waals surface area contributed by atoms with Crippen molar-refractivity contribution in [1.82, 2.24) is 16.0 Å². The van der Waals surface area contributed by atoms with Gasteiger partial charge in [0.1, 0.15) is 0 Å². The van der Waals surface area contributed by atoms with Gasteiger partial charge < -0.3 is 16.0 Å². The van der Waals surface area contributed by atoms with E-state index in [4.69, 9.17) is 0 Å². The van der Waals surface area contributed by atoms with Crippen molar-refractivity contribution in [1.29, 1.82) is 0 Å². The van der Waals surface area contributed by atoms with Gasteiger partial charge in [0, 0.05) is 23.5 Å². The van der Waals surface area contributed by atoms with Gasteiger partial charge in [0.25, 0.3) is 0 Å². The molecule has 1 aromatic heterocycles. The molecule has 1 aliphatic rings. The predicted molar refractivity (Wildman–Crippen MR) is 74.9 cm³/mol. The molecule has 100 valence electrons. The first kappa shape index (κ1) is 13.5. The molecule has 1 amide bonds. The maximum Gasteiger partial charge on any atom is 0.233 e. The van der Waals surface area contributed by atoms with E-state index in [0.717, 1.165) is 32.5 Å². The third-order valence-electron chi connectivity index (χ3n) is 3.32. The average molecular weight is 267 g/mol. The Balaban J connectivity index is 1.60. The highest BCUT2D eigenvalue weighted by atomic mass is 32.1. The molecular weight excluding hydrogens is 246 g/mol. The van der Waals surface area contributed by atoms with Crippen LogP contribution in [0.4, 0.5) is 0 Å². The molecule has 1 saturated heterocycles. The minimum absolute atomic E-state index is 0.0745. The van der Waals surface area contributed by atoms with E-state index in [1.54, 1.807) is 11.3 Å². The quantitative estimate of drug-likeness (QED) is 0.713. The van der Waals surface area contributed by atoms with Gasteiger partial charge >= 0.3 is 0 Å². The number of thiophene rings is 1. The number of amides is 1. The number of rotatable bonds is 6. The Morgan fingerprint density at radius 1 is 1.61 bits per heavy atom. The molecule has 0 aliphatic carbocycles. The molecule has 0 bridgehead atoms. The lowest BCUT2D eigenvalue weighted by molar-refractivity contribution is -0.120. The molecule has 1 atom stereocenters. The van der Waals surface area contributed by atoms with Crippen LogP contribution in [0.5, 0.6) is 0 Å². The van der Waals surface area contributed by atoms with Crippen molar-refractivity contribution in [2.45, 2.75) is 25.3 Å². The first-order valence-electron chi connectivity index (χ1n) is 6.43. The zero-order valence-electron chi connectivity index (χ0n) is 10.8. The summed E-state index contributed by atoms with van der Waals surface area (Å²) in [5.41, 5.74) is 0.0745. The second kappa shape index (κ2) is 6.31. The standard InChI is InChI=1S/C13H21N3OS/c1-13(5-7-14-10-13)16-9-12(17)15-6-4-11-3-2-8-18-11/h2-3,8,14,16H,4-7,9-10H2,1H3,(H,15,17). The van der Waals surface area contributed by atoms with E-state index in [0.29, 0.717) is 6.54 Å². The molecule has 0 aromatic carbocycles. The zero-order valence-corrected chi connectivity index (χ0v) is 11.6. The Labute approximate surface area is 112 Å². The number of hydrogen-bond donors (Lipinski definition) is 3. The first-order valence-corrected chi connectivity index (χ1v) is 7.31. The first-order chi connectivity index (χ1) is 8.68. The number of carbonyl (C=O) groups excluding carboxylic acids is 1. The van der Waals surface area contributed by atoms with Crippen LogP contribution in [0.25, 0.3) is 0 Å². The highest BCUT2D eigenvalue weighted by molar-refractivity contribution is 7.09. The fraction of sp³-hybridized carbons (Fsp3) is 0.615. The Bertz CT molecular complexity index is 372. The Morgan fingerprint density at radius 2 is 2.50 bits per heavy atom. The highest BCUT2D eigenvalue weighted by Crippen LogP contribution is 2.12. The molecule has 3 N–H and O–H groups in total. The van der Waals surface area contributed by atoms with Crippen LogP contribution in [0.2, 0.25) is 0 Å². The van der Waals surface area contributed by atoms with Gasteiger partial charge in [-0.15, -0.1) is 11.3 Å². The van der Waals surface area contributed by atoms with E-state index < -0.39 is 0 Å². The second-order valence-electron chi connectivity index (χ2n) is 5.02. The SMILES string of the molecule is CC1(NCC(=O)NCCc2cccs2)CCNC1. The number of hydrogen-bond acceptors (Lipinski definition) is 4. The van der Waals surface area contributed by atoms with Gasteiger partial charge in [-0.05, 0) is 37.8 Å². The van der Waals surface area contributed by atoms with Crippen molar-refractivity contribution >= 4 is 17.2 Å². The average Bonchev–Trinajstić information content (AvgIpc) is 2.99. The van der Waals surface area contributed by atoms with Gasteiger partial charge in [0.2, 0.25) is 5.91 Å². The van der Waals surface area contributed by atoms with Crippen LogP contribution in [0, 0.1) is 0 Å². The number of carbonyl (C=O) groups is 1. The van der Waals surface area contributed by atoms with Crippen molar-refractivity contribution < 1.29 is 4.79 Å². The Kier molecular flexibility index (Phi) is 4.74. The molecule has 2 heterocycles. The van der Waals surface area contributed by atoms with E-state index in [-0.39, 0.29) is 11.4 Å². The summed E-state index contributed by atoms with van der Waals surface area (Å²) >= 11 is 1.73. The summed E-state index contributed by atoms with van der Waals surface area (Å²) in [5.74, 6) is 0.0830. The van der Waals surface area contributed by atoms with E-state index in [2.05, 4.69) is 34.3 Å². The summed E-state index contributed by atoms with van der Waals surface area (Å²) < 4.78 is 0. The van der Waals surface area contributed by atoms with Crippen molar-refractivity contribution in [2.75, 3.05) is 26.2 Å². The second-order valence-corrected chi connectivity index (χ2v) is 6.05. The monoisotopic (exact) mass is 267 g/mol. The Morgan fingerprint density at radius 3 is 3.17 bits per heavy atom. The molecule has 2 rings (SSSR count). The van der Waals surface area contributed by atoms with Gasteiger partial charge in [0.15, 0.2) is 0 Å². The summed E-state index contributed by atoms with van der Waals surface area (Å²) in [4.78, 5) is 13.0. The third kappa shape index (κ3) is 4.08. The third-order valence-corrected chi connectivity index (χ3v) is 4.25. The van der Waals surface area contributed by atoms with Crippen LogP contribution in [0.3, 0.4) is 0 Å². The minimum atomic E-state index is 0.0745. The Hall–Kier alpha value is -0.910. The molecule has 0 radical (unpaired) electrons. The minimum Gasteiger partial charge on any atom is -0.355 e. The van der Waals surface area contributed by atoms with E-state index in [9.17, 15) is 4.79 Å². The van der Waals surface area contributed by atoms with Crippen LogP contribution in [0.1, 0.15) is 18.2 Å². The van der Waals surface area contributed by atoms with Gasteiger partial charge in [0.05, 0.1) is 6.54 Å². The topological polar surface area (TPSA) is 53.2 Å². The predicted octanol–water partition coefficient (Wildman–Crippen LogP) is 0.748. The summed E-state index contributed by atoms with van der Waals surface area (Å²) in [6.07, 6.45) is 2.00. The van der Waals surface area contributed by atoms with Crippen molar-refractivity contribution in [3.63, 3.8) is 0 Å². The van der Waals surface area contributed by atoms with E-state index >= 15 is 0 Å². The summed E-state index contributed by atoms with van der Waals surface area (Å²) in [5, 5.41) is 11.6. The van der Waals surface area contributed by atoms with Crippen LogP contribution >= 0.6 is 11.3 Å². The summed E-state index contributed by atoms with van der Waals surface area (Å²) in [7, 11) is 0. The molecule has 0 spiro atoms. The highest BCUT2D eigenvalue weighted by Gasteiger charge is 2.27. The van der Waals surface area contributed by atoms with E-state index in [1.165, 1.54) is 4.88 Å². The van der Waals surface area contributed by atoms with E-state index in [1.807, 2.05) is 6.07 Å². The van der Waals surface area contributed by atoms with Crippen molar-refractivity contribution in [3.8, 4) is 0 Å². The van der Waals surface area contributed by atoms with Gasteiger partial charge in [-0.3, -0.25) is 4.79 Å². The van der Waals surface area contributed by atoms with Crippen LogP contribution < -0.4 is 16.0 Å². The fourth-order valence-electron chi connectivity index (χ4n) is 2.10. The van der Waals surface area contributed by atoms with Crippen molar-refractivity contribution in [3.05, 3.63) is 22.4 Å². The van der Waals surface area contributed by atoms with Gasteiger partial charge in [-0.25, -0.2) is 0 Å². The molecule has 4 nitrogen and oxygen atoms in total. The number of nitrogens with one attached hydrogen (secondary N) is 3. The fourth-order valence-corrected chi connectivity index (χ4v) is 2.81. The maximum atomic E-state index is 11.7. The molecule has 18 heavy (non-hydrogen) atoms. The summed E-state index contributed by atoms with van der Waals surface area (Å²) in [6.45, 7) is 5.25. The molecule has 0 saturated carbocycles.